The molecule has 1 fully saturated rings. The Balaban J connectivity index is 1.50. The van der Waals surface area contributed by atoms with E-state index in [1.54, 1.807) is 0 Å². The summed E-state index contributed by atoms with van der Waals surface area (Å²) >= 11 is 0. The van der Waals surface area contributed by atoms with E-state index < -0.39 is 0 Å². The van der Waals surface area contributed by atoms with Crippen LogP contribution in [0.2, 0.25) is 0 Å². The zero-order valence-corrected chi connectivity index (χ0v) is 18.4. The number of pyridine rings is 1. The lowest BCUT2D eigenvalue weighted by Gasteiger charge is -2.33. The molecule has 1 aromatic heterocycles. The Morgan fingerprint density at radius 2 is 1.87 bits per heavy atom. The van der Waals surface area contributed by atoms with E-state index in [9.17, 15) is 0 Å². The number of guanidine groups is 1. The van der Waals surface area contributed by atoms with E-state index in [0.717, 1.165) is 55.8 Å². The highest BCUT2D eigenvalue weighted by Crippen LogP contribution is 2.15. The number of hydrogen-bond acceptors (Lipinski definition) is 5. The topological polar surface area (TPSA) is 65.0 Å². The van der Waals surface area contributed by atoms with Crippen LogP contribution in [0.25, 0.3) is 0 Å². The first-order valence-electron chi connectivity index (χ1n) is 10.7. The molecule has 2 heterocycles. The highest BCUT2D eigenvalue weighted by molar-refractivity contribution is 5.79. The Bertz CT molecular complexity index is 800. The average Bonchev–Trinajstić information content (AvgIpc) is 2.77. The summed E-state index contributed by atoms with van der Waals surface area (Å²) < 4.78 is 5.78. The summed E-state index contributed by atoms with van der Waals surface area (Å²) in [5, 5.41) is 6.63. The first kappa shape index (κ1) is 21.9. The van der Waals surface area contributed by atoms with E-state index in [-0.39, 0.29) is 0 Å². The quantitative estimate of drug-likeness (QED) is 0.395. The zero-order valence-electron chi connectivity index (χ0n) is 18.4. The van der Waals surface area contributed by atoms with Crippen molar-refractivity contribution in [2.75, 3.05) is 57.8 Å². The normalized spacial score (nSPS) is 15.2. The molecule has 0 unspecified atom stereocenters. The van der Waals surface area contributed by atoms with E-state index in [0.29, 0.717) is 19.7 Å². The summed E-state index contributed by atoms with van der Waals surface area (Å²) in [6.07, 6.45) is 1.88. The van der Waals surface area contributed by atoms with Crippen LogP contribution in [-0.4, -0.2) is 68.8 Å². The van der Waals surface area contributed by atoms with Gasteiger partial charge in [-0.25, -0.2) is 9.98 Å². The van der Waals surface area contributed by atoms with Crippen LogP contribution in [0.1, 0.15) is 18.1 Å². The van der Waals surface area contributed by atoms with Gasteiger partial charge in [-0.2, -0.15) is 0 Å². The first-order valence-corrected chi connectivity index (χ1v) is 10.7. The fraction of sp³-hybridized carbons (Fsp3) is 0.478. The molecular formula is C23H34N6O. The Morgan fingerprint density at radius 3 is 2.60 bits per heavy atom. The molecule has 0 bridgehead atoms. The number of rotatable bonds is 8. The predicted octanol–water partition coefficient (Wildman–Crippen LogP) is 2.28. The van der Waals surface area contributed by atoms with Gasteiger partial charge < -0.3 is 25.2 Å². The van der Waals surface area contributed by atoms with Gasteiger partial charge in [0, 0.05) is 38.9 Å². The number of nitrogens with zero attached hydrogens (tertiary/aromatic N) is 4. The van der Waals surface area contributed by atoms with Gasteiger partial charge in [0.1, 0.15) is 18.2 Å². The van der Waals surface area contributed by atoms with Gasteiger partial charge in [-0.15, -0.1) is 0 Å². The monoisotopic (exact) mass is 410 g/mol. The molecule has 7 nitrogen and oxygen atoms in total. The molecule has 0 atom stereocenters. The fourth-order valence-electron chi connectivity index (χ4n) is 3.25. The lowest BCUT2D eigenvalue weighted by Crippen LogP contribution is -2.44. The van der Waals surface area contributed by atoms with Crippen LogP contribution in [0, 0.1) is 6.92 Å². The Hall–Kier alpha value is -2.80. The molecule has 30 heavy (non-hydrogen) atoms. The molecule has 7 heteroatoms. The minimum Gasteiger partial charge on any atom is -0.492 e. The van der Waals surface area contributed by atoms with Crippen LogP contribution in [-0.2, 0) is 6.54 Å². The number of piperazine rings is 1. The van der Waals surface area contributed by atoms with Crippen LogP contribution in [0.15, 0.2) is 47.6 Å². The van der Waals surface area contributed by atoms with Gasteiger partial charge >= 0.3 is 0 Å². The summed E-state index contributed by atoms with van der Waals surface area (Å²) in [5.74, 6) is 2.72. The molecule has 0 aliphatic carbocycles. The van der Waals surface area contributed by atoms with Gasteiger partial charge in [-0.1, -0.05) is 17.7 Å². The molecule has 1 saturated heterocycles. The number of aliphatic imine (C=N–C) groups is 1. The van der Waals surface area contributed by atoms with Crippen LogP contribution < -0.4 is 20.3 Å². The Morgan fingerprint density at radius 1 is 1.10 bits per heavy atom. The van der Waals surface area contributed by atoms with Crippen molar-refractivity contribution in [3.63, 3.8) is 0 Å². The SMILES string of the molecule is CCNC(=NCc1ccnc(N2CCN(C)CC2)c1)NCCOc1ccc(C)cc1. The molecule has 0 spiro atoms. The van der Waals surface area contributed by atoms with Crippen molar-refractivity contribution in [1.29, 1.82) is 0 Å². The highest BCUT2D eigenvalue weighted by Gasteiger charge is 2.15. The maximum atomic E-state index is 5.78. The number of ether oxygens (including phenoxy) is 1. The lowest BCUT2D eigenvalue weighted by atomic mass is 10.2. The fourth-order valence-corrected chi connectivity index (χ4v) is 3.25. The van der Waals surface area contributed by atoms with E-state index in [4.69, 9.17) is 9.73 Å². The third-order valence-corrected chi connectivity index (χ3v) is 5.09. The van der Waals surface area contributed by atoms with Gasteiger partial charge in [-0.05, 0) is 50.7 Å². The maximum absolute atomic E-state index is 5.78. The van der Waals surface area contributed by atoms with E-state index in [1.165, 1.54) is 5.56 Å². The third kappa shape index (κ3) is 6.91. The summed E-state index contributed by atoms with van der Waals surface area (Å²) in [6, 6.07) is 12.3. The van der Waals surface area contributed by atoms with Crippen LogP contribution in [0.4, 0.5) is 5.82 Å². The number of aryl methyl sites for hydroxylation is 1. The standard InChI is InChI=1S/C23H34N6O/c1-4-24-23(26-11-16-30-21-7-5-19(2)6-8-21)27-18-20-9-10-25-22(17-20)29-14-12-28(3)13-15-29/h5-10,17H,4,11-16,18H2,1-3H3,(H2,24,26,27). The average molecular weight is 411 g/mol. The van der Waals surface area contributed by atoms with Crippen molar-refractivity contribution in [3.05, 3.63) is 53.7 Å². The van der Waals surface area contributed by atoms with Crippen LogP contribution in [0.3, 0.4) is 0 Å². The molecule has 2 aromatic rings. The summed E-state index contributed by atoms with van der Waals surface area (Å²) in [6.45, 7) is 11.0. The first-order chi connectivity index (χ1) is 14.6. The van der Waals surface area contributed by atoms with Crippen LogP contribution in [0.5, 0.6) is 5.75 Å². The molecule has 3 rings (SSSR count). The number of hydrogen-bond donors (Lipinski definition) is 2. The van der Waals surface area contributed by atoms with Crippen molar-refractivity contribution in [2.45, 2.75) is 20.4 Å². The van der Waals surface area contributed by atoms with Gasteiger partial charge in [0.05, 0.1) is 13.1 Å². The number of aromatic nitrogens is 1. The minimum absolute atomic E-state index is 0.580. The van der Waals surface area contributed by atoms with Gasteiger partial charge in [-0.3, -0.25) is 0 Å². The van der Waals surface area contributed by atoms with E-state index in [1.807, 2.05) is 24.4 Å². The Labute approximate surface area is 180 Å². The smallest absolute Gasteiger partial charge is 0.191 e. The minimum atomic E-state index is 0.580. The van der Waals surface area contributed by atoms with Crippen molar-refractivity contribution in [2.24, 2.45) is 4.99 Å². The molecular weight excluding hydrogens is 376 g/mol. The molecule has 1 aliphatic rings. The number of nitrogens with one attached hydrogen (secondary N) is 2. The summed E-state index contributed by atoms with van der Waals surface area (Å²) in [5.41, 5.74) is 2.39. The molecule has 0 saturated carbocycles. The van der Waals surface area contributed by atoms with Crippen molar-refractivity contribution >= 4 is 11.8 Å². The zero-order chi connectivity index (χ0) is 21.2. The van der Waals surface area contributed by atoms with Crippen molar-refractivity contribution in [3.8, 4) is 5.75 Å². The van der Waals surface area contributed by atoms with Crippen LogP contribution >= 0.6 is 0 Å². The second kappa shape index (κ2) is 11.4. The Kier molecular flexibility index (Phi) is 8.32. The third-order valence-electron chi connectivity index (χ3n) is 5.09. The number of benzene rings is 1. The maximum Gasteiger partial charge on any atom is 0.191 e. The van der Waals surface area contributed by atoms with Gasteiger partial charge in [0.15, 0.2) is 5.96 Å². The number of anilines is 1. The summed E-state index contributed by atoms with van der Waals surface area (Å²) in [4.78, 5) is 14.0. The van der Waals surface area contributed by atoms with Gasteiger partial charge in [0.2, 0.25) is 0 Å². The van der Waals surface area contributed by atoms with Gasteiger partial charge in [0.25, 0.3) is 0 Å². The molecule has 162 valence electrons. The van der Waals surface area contributed by atoms with Crippen molar-refractivity contribution in [1.82, 2.24) is 20.5 Å². The predicted molar refractivity (Wildman–Crippen MR) is 123 cm³/mol. The van der Waals surface area contributed by atoms with E-state index >= 15 is 0 Å². The summed E-state index contributed by atoms with van der Waals surface area (Å²) in [7, 11) is 2.16. The molecule has 1 aromatic carbocycles. The second-order valence-electron chi connectivity index (χ2n) is 7.60. The lowest BCUT2D eigenvalue weighted by molar-refractivity contribution is 0.312. The molecule has 2 N–H and O–H groups in total. The van der Waals surface area contributed by atoms with E-state index in [2.05, 4.69) is 64.5 Å². The molecule has 1 aliphatic heterocycles. The number of likely N-dealkylation sites (N-methyl/N-ethyl adjacent to an activating group) is 1. The molecule has 0 amide bonds. The second-order valence-corrected chi connectivity index (χ2v) is 7.60. The highest BCUT2D eigenvalue weighted by atomic mass is 16.5. The van der Waals surface area contributed by atoms with Crippen molar-refractivity contribution < 1.29 is 4.74 Å². The molecule has 0 radical (unpaired) electrons. The largest absolute Gasteiger partial charge is 0.492 e.